The van der Waals surface area contributed by atoms with Gasteiger partial charge in [-0.3, -0.25) is 0 Å². The third-order valence-electron chi connectivity index (χ3n) is 2.38. The van der Waals surface area contributed by atoms with Gasteiger partial charge in [0.15, 0.2) is 0 Å². The first-order valence-electron chi connectivity index (χ1n) is 4.03. The highest BCUT2D eigenvalue weighted by molar-refractivity contribution is 9.10. The summed E-state index contributed by atoms with van der Waals surface area (Å²) in [6, 6.07) is 2.08. The van der Waals surface area contributed by atoms with Crippen molar-refractivity contribution >= 4 is 15.9 Å². The van der Waals surface area contributed by atoms with Gasteiger partial charge in [0.2, 0.25) is 0 Å². The lowest BCUT2D eigenvalue weighted by molar-refractivity contribution is 0.977. The Balaban J connectivity index is 2.34. The second kappa shape index (κ2) is 2.42. The van der Waals surface area contributed by atoms with Crippen LogP contribution in [-0.4, -0.2) is 15.2 Å². The molecule has 2 aromatic heterocycles. The van der Waals surface area contributed by atoms with E-state index in [4.69, 9.17) is 0 Å². The summed E-state index contributed by atoms with van der Waals surface area (Å²) in [4.78, 5) is 3.22. The maximum Gasteiger partial charge on any atom is 0.132 e. The van der Waals surface area contributed by atoms with Crippen LogP contribution in [0.1, 0.15) is 11.3 Å². The zero-order chi connectivity index (χ0) is 8.84. The van der Waals surface area contributed by atoms with Gasteiger partial charge in [0.1, 0.15) is 4.60 Å². The first-order valence-corrected chi connectivity index (χ1v) is 4.82. The minimum Gasteiger partial charge on any atom is -0.364 e. The fraction of sp³-hybridized carbons (Fsp3) is 0.111. The quantitative estimate of drug-likeness (QED) is 0.649. The minimum atomic E-state index is 0.856. The zero-order valence-electron chi connectivity index (χ0n) is 6.71. The summed E-state index contributed by atoms with van der Waals surface area (Å²) in [7, 11) is 0. The average molecular weight is 236 g/mol. The molecule has 2 heterocycles. The third kappa shape index (κ3) is 0.891. The lowest BCUT2D eigenvalue weighted by Crippen LogP contribution is -1.89. The van der Waals surface area contributed by atoms with Crippen LogP contribution in [0.3, 0.4) is 0 Å². The summed E-state index contributed by atoms with van der Waals surface area (Å²) in [5.74, 6) is 0. The number of hydrogen-bond donors (Lipinski definition) is 1. The van der Waals surface area contributed by atoms with Crippen LogP contribution in [0.15, 0.2) is 23.1 Å². The SMILES string of the molecule is Brc1nncc2c1Cc1[nH]ccc1-2. The van der Waals surface area contributed by atoms with Crippen LogP contribution in [0, 0.1) is 0 Å². The van der Waals surface area contributed by atoms with Crippen molar-refractivity contribution in [1.29, 1.82) is 0 Å². The van der Waals surface area contributed by atoms with Crippen molar-refractivity contribution in [3.05, 3.63) is 34.3 Å². The normalized spacial score (nSPS) is 12.7. The Bertz CT molecular complexity index is 475. The number of H-pyrrole nitrogens is 1. The molecule has 4 heteroatoms. The first-order chi connectivity index (χ1) is 6.36. The topological polar surface area (TPSA) is 41.6 Å². The van der Waals surface area contributed by atoms with Gasteiger partial charge in [0.25, 0.3) is 0 Å². The van der Waals surface area contributed by atoms with Crippen molar-refractivity contribution in [2.45, 2.75) is 6.42 Å². The number of nitrogens with zero attached hydrogens (tertiary/aromatic N) is 2. The Morgan fingerprint density at radius 1 is 1.38 bits per heavy atom. The van der Waals surface area contributed by atoms with E-state index in [-0.39, 0.29) is 0 Å². The summed E-state index contributed by atoms with van der Waals surface area (Å²) < 4.78 is 0.856. The van der Waals surface area contributed by atoms with E-state index in [2.05, 4.69) is 37.2 Å². The fourth-order valence-electron chi connectivity index (χ4n) is 1.77. The lowest BCUT2D eigenvalue weighted by atomic mass is 10.2. The molecule has 2 aromatic rings. The van der Waals surface area contributed by atoms with Gasteiger partial charge in [-0.1, -0.05) is 0 Å². The van der Waals surface area contributed by atoms with E-state index < -0.39 is 0 Å². The number of halogens is 1. The second-order valence-corrected chi connectivity index (χ2v) is 3.83. The van der Waals surface area contributed by atoms with Crippen LogP contribution in [-0.2, 0) is 6.42 Å². The fourth-order valence-corrected chi connectivity index (χ4v) is 2.21. The molecular formula is C9H6BrN3. The van der Waals surface area contributed by atoms with Crippen molar-refractivity contribution in [2.75, 3.05) is 0 Å². The Morgan fingerprint density at radius 2 is 2.31 bits per heavy atom. The molecule has 1 aliphatic carbocycles. The Hall–Kier alpha value is -1.16. The highest BCUT2D eigenvalue weighted by Gasteiger charge is 2.22. The van der Waals surface area contributed by atoms with E-state index in [0.717, 1.165) is 11.0 Å². The predicted molar refractivity (Wildman–Crippen MR) is 52.3 cm³/mol. The van der Waals surface area contributed by atoms with Gasteiger partial charge in [-0.2, -0.15) is 5.10 Å². The van der Waals surface area contributed by atoms with Crippen LogP contribution < -0.4 is 0 Å². The molecule has 0 saturated heterocycles. The van der Waals surface area contributed by atoms with Gasteiger partial charge in [-0.25, -0.2) is 0 Å². The molecule has 0 amide bonds. The number of hydrogen-bond acceptors (Lipinski definition) is 2. The first kappa shape index (κ1) is 7.26. The van der Waals surface area contributed by atoms with Crippen LogP contribution in [0.4, 0.5) is 0 Å². The van der Waals surface area contributed by atoms with Crippen LogP contribution in [0.2, 0.25) is 0 Å². The number of aromatic nitrogens is 3. The number of aromatic amines is 1. The summed E-state index contributed by atoms with van der Waals surface area (Å²) in [5, 5.41) is 7.89. The van der Waals surface area contributed by atoms with Crippen LogP contribution in [0.25, 0.3) is 11.1 Å². The zero-order valence-corrected chi connectivity index (χ0v) is 8.30. The van der Waals surface area contributed by atoms with Crippen molar-refractivity contribution in [2.24, 2.45) is 0 Å². The van der Waals surface area contributed by atoms with Crippen LogP contribution >= 0.6 is 15.9 Å². The van der Waals surface area contributed by atoms with Gasteiger partial charge in [-0.15, -0.1) is 5.10 Å². The standard InChI is InChI=1S/C9H6BrN3/c10-9-6-3-8-5(1-2-11-8)7(6)4-12-13-9/h1-2,4,11H,3H2. The molecule has 0 bridgehead atoms. The second-order valence-electron chi connectivity index (χ2n) is 3.07. The predicted octanol–water partition coefficient (Wildman–Crippen LogP) is 2.14. The maximum absolute atomic E-state index is 3.97. The molecule has 1 aliphatic rings. The Labute approximate surface area is 83.3 Å². The molecule has 0 radical (unpaired) electrons. The van der Waals surface area contributed by atoms with E-state index >= 15 is 0 Å². The molecule has 3 nitrogen and oxygen atoms in total. The van der Waals surface area contributed by atoms with E-state index in [9.17, 15) is 0 Å². The molecular weight excluding hydrogens is 230 g/mol. The largest absolute Gasteiger partial charge is 0.364 e. The number of nitrogens with one attached hydrogen (secondary N) is 1. The minimum absolute atomic E-state index is 0.856. The van der Waals surface area contributed by atoms with Gasteiger partial charge in [-0.05, 0) is 22.0 Å². The van der Waals surface area contributed by atoms with Crippen molar-refractivity contribution in [3.8, 4) is 11.1 Å². The average Bonchev–Trinajstić information content (AvgIpc) is 2.65. The van der Waals surface area contributed by atoms with Gasteiger partial charge in [0, 0.05) is 35.0 Å². The van der Waals surface area contributed by atoms with Crippen molar-refractivity contribution < 1.29 is 0 Å². The summed E-state index contributed by atoms with van der Waals surface area (Å²) in [6.45, 7) is 0. The highest BCUT2D eigenvalue weighted by Crippen LogP contribution is 2.37. The monoisotopic (exact) mass is 235 g/mol. The van der Waals surface area contributed by atoms with E-state index in [1.807, 2.05) is 12.4 Å². The van der Waals surface area contributed by atoms with Crippen LogP contribution in [0.5, 0.6) is 0 Å². The molecule has 0 atom stereocenters. The highest BCUT2D eigenvalue weighted by atomic mass is 79.9. The third-order valence-corrected chi connectivity index (χ3v) is 3.02. The Morgan fingerprint density at radius 3 is 3.23 bits per heavy atom. The van der Waals surface area contributed by atoms with E-state index in [1.54, 1.807) is 0 Å². The summed E-state index contributed by atoms with van der Waals surface area (Å²) in [5.41, 5.74) is 4.94. The summed E-state index contributed by atoms with van der Waals surface area (Å²) >= 11 is 3.40. The van der Waals surface area contributed by atoms with E-state index in [1.165, 1.54) is 22.4 Å². The van der Waals surface area contributed by atoms with Gasteiger partial charge in [0.05, 0.1) is 6.20 Å². The molecule has 13 heavy (non-hydrogen) atoms. The van der Waals surface area contributed by atoms with E-state index in [0.29, 0.717) is 0 Å². The van der Waals surface area contributed by atoms with Crippen molar-refractivity contribution in [3.63, 3.8) is 0 Å². The molecule has 1 N–H and O–H groups in total. The smallest absolute Gasteiger partial charge is 0.132 e. The lowest BCUT2D eigenvalue weighted by Gasteiger charge is -1.98. The molecule has 0 spiro atoms. The number of rotatable bonds is 0. The molecule has 64 valence electrons. The maximum atomic E-state index is 3.97. The van der Waals surface area contributed by atoms with Gasteiger partial charge >= 0.3 is 0 Å². The molecule has 0 aromatic carbocycles. The molecule has 0 fully saturated rings. The Kier molecular flexibility index (Phi) is 1.35. The molecule has 0 saturated carbocycles. The molecule has 0 aliphatic heterocycles. The number of fused-ring (bicyclic) bond motifs is 3. The van der Waals surface area contributed by atoms with Gasteiger partial charge < -0.3 is 4.98 Å². The van der Waals surface area contributed by atoms with Crippen molar-refractivity contribution in [1.82, 2.24) is 15.2 Å². The molecule has 0 unspecified atom stereocenters. The molecule has 3 rings (SSSR count). The summed E-state index contributed by atoms with van der Waals surface area (Å²) in [6.07, 6.45) is 4.70.